The average molecular weight is 603 g/mol. The van der Waals surface area contributed by atoms with Crippen LogP contribution < -0.4 is 15.9 Å². The molecule has 1 amide bonds. The van der Waals surface area contributed by atoms with Crippen molar-refractivity contribution in [3.8, 4) is 17.3 Å². The first-order valence-corrected chi connectivity index (χ1v) is 16.2. The number of aryl methyl sites for hydroxylation is 1. The Bertz CT molecular complexity index is 1860. The largest absolute Gasteiger partial charge is 0.361 e. The Morgan fingerprint density at radius 1 is 1.14 bits per heavy atom. The van der Waals surface area contributed by atoms with Gasteiger partial charge in [-0.05, 0) is 91.6 Å². The summed E-state index contributed by atoms with van der Waals surface area (Å²) in [5.74, 6) is 0.933. The zero-order chi connectivity index (χ0) is 30.5. The molecule has 1 aliphatic carbocycles. The van der Waals surface area contributed by atoms with Crippen LogP contribution in [-0.4, -0.2) is 28.5 Å². The molecular formula is C36H38N6OS. The Hall–Kier alpha value is -4.45. The fraction of sp³-hybridized carbons (Fsp3) is 0.306. The summed E-state index contributed by atoms with van der Waals surface area (Å²) >= 11 is 1.52. The Labute approximate surface area is 262 Å². The van der Waals surface area contributed by atoms with Crippen molar-refractivity contribution >= 4 is 33.8 Å². The average Bonchev–Trinajstić information content (AvgIpc) is 3.66. The summed E-state index contributed by atoms with van der Waals surface area (Å²) in [5.41, 5.74) is 12.5. The number of carbonyl (C=O) groups excluding carboxylic acids is 1. The van der Waals surface area contributed by atoms with Crippen LogP contribution in [-0.2, 0) is 11.2 Å². The second-order valence-corrected chi connectivity index (χ2v) is 12.7. The van der Waals surface area contributed by atoms with E-state index in [4.69, 9.17) is 10.7 Å². The SMILES string of the molecule is Cc1cccc(N=c2scc(-c3ccc(C#N)cc3)n2[C@@H](Cc2c[nH]c3ccccc23)C(=O)NCC2CCCC(CN)C2)c1. The van der Waals surface area contributed by atoms with E-state index in [0.717, 1.165) is 63.0 Å². The summed E-state index contributed by atoms with van der Waals surface area (Å²) in [7, 11) is 0. The molecule has 0 aliphatic heterocycles. The Kier molecular flexibility index (Phi) is 9.06. The van der Waals surface area contributed by atoms with E-state index >= 15 is 0 Å². The van der Waals surface area contributed by atoms with Crippen molar-refractivity contribution in [3.05, 3.63) is 106 Å². The van der Waals surface area contributed by atoms with Gasteiger partial charge in [-0.2, -0.15) is 5.26 Å². The number of thiazole rings is 1. The molecule has 0 bridgehead atoms. The maximum atomic E-state index is 14.4. The molecule has 4 N–H and O–H groups in total. The van der Waals surface area contributed by atoms with Crippen LogP contribution in [0.5, 0.6) is 0 Å². The van der Waals surface area contributed by atoms with Crippen molar-refractivity contribution < 1.29 is 4.79 Å². The number of para-hydroxylation sites is 1. The molecule has 7 nitrogen and oxygen atoms in total. The van der Waals surface area contributed by atoms with Crippen LogP contribution in [0.1, 0.15) is 48.4 Å². The molecule has 8 heteroatoms. The normalized spacial score (nSPS) is 17.8. The molecule has 2 heterocycles. The monoisotopic (exact) mass is 602 g/mol. The summed E-state index contributed by atoms with van der Waals surface area (Å²) in [6.45, 7) is 3.40. The summed E-state index contributed by atoms with van der Waals surface area (Å²) in [4.78, 5) is 23.6. The van der Waals surface area contributed by atoms with Crippen molar-refractivity contribution in [2.24, 2.45) is 22.6 Å². The molecule has 1 aliphatic rings. The number of rotatable bonds is 9. The summed E-state index contributed by atoms with van der Waals surface area (Å²) in [6.07, 6.45) is 7.01. The van der Waals surface area contributed by atoms with E-state index in [9.17, 15) is 10.1 Å². The highest BCUT2D eigenvalue weighted by atomic mass is 32.1. The van der Waals surface area contributed by atoms with E-state index < -0.39 is 6.04 Å². The topological polar surface area (TPSA) is 112 Å². The van der Waals surface area contributed by atoms with Crippen molar-refractivity contribution in [2.75, 3.05) is 13.1 Å². The smallest absolute Gasteiger partial charge is 0.243 e. The Morgan fingerprint density at radius 3 is 2.75 bits per heavy atom. The van der Waals surface area contributed by atoms with Gasteiger partial charge in [-0.15, -0.1) is 11.3 Å². The van der Waals surface area contributed by atoms with Gasteiger partial charge in [0.15, 0.2) is 4.80 Å². The first-order valence-electron chi connectivity index (χ1n) is 15.4. The van der Waals surface area contributed by atoms with Gasteiger partial charge in [-0.1, -0.05) is 48.9 Å². The van der Waals surface area contributed by atoms with Crippen LogP contribution in [0, 0.1) is 30.1 Å². The minimum Gasteiger partial charge on any atom is -0.361 e. The molecule has 0 saturated heterocycles. The van der Waals surface area contributed by atoms with E-state index in [1.807, 2.05) is 54.7 Å². The number of hydrogen-bond acceptors (Lipinski definition) is 5. The van der Waals surface area contributed by atoms with Crippen LogP contribution in [0.4, 0.5) is 5.69 Å². The molecule has 1 saturated carbocycles. The van der Waals surface area contributed by atoms with Gasteiger partial charge < -0.3 is 20.6 Å². The van der Waals surface area contributed by atoms with Gasteiger partial charge in [0.1, 0.15) is 6.04 Å². The van der Waals surface area contributed by atoms with Crippen LogP contribution in [0.15, 0.2) is 89.4 Å². The number of H-pyrrole nitrogens is 1. The molecule has 0 radical (unpaired) electrons. The number of fused-ring (bicyclic) bond motifs is 1. The quantitative estimate of drug-likeness (QED) is 0.173. The second kappa shape index (κ2) is 13.5. The number of nitrogens with one attached hydrogen (secondary N) is 2. The minimum atomic E-state index is -0.552. The van der Waals surface area contributed by atoms with E-state index in [1.165, 1.54) is 17.8 Å². The fourth-order valence-electron chi connectivity index (χ4n) is 6.41. The standard InChI is InChI=1S/C36H38N6OS/c1-24-6-4-9-30(16-24)41-36-42(34(23-44-36)28-14-12-25(19-37)13-15-28)33(18-29-22-39-32-11-3-2-10-31(29)32)35(43)40-21-27-8-5-7-26(17-27)20-38/h2-4,6,9-16,22-23,26-27,33,39H,5,7-8,17-18,20-21,38H2,1H3,(H,40,43)/t26?,27?,33-/m0/s1. The molecule has 44 heavy (non-hydrogen) atoms. The lowest BCUT2D eigenvalue weighted by molar-refractivity contribution is -0.124. The molecule has 2 unspecified atom stereocenters. The first-order chi connectivity index (χ1) is 21.5. The lowest BCUT2D eigenvalue weighted by Gasteiger charge is -2.29. The fourth-order valence-corrected chi connectivity index (χ4v) is 7.38. The zero-order valence-corrected chi connectivity index (χ0v) is 25.8. The molecule has 0 spiro atoms. The molecular weight excluding hydrogens is 565 g/mol. The summed E-state index contributed by atoms with van der Waals surface area (Å²) in [5, 5.41) is 15.9. The van der Waals surface area contributed by atoms with Gasteiger partial charge in [0.25, 0.3) is 0 Å². The number of aromatic nitrogens is 2. The van der Waals surface area contributed by atoms with E-state index in [-0.39, 0.29) is 5.91 Å². The zero-order valence-electron chi connectivity index (χ0n) is 25.0. The number of carbonyl (C=O) groups is 1. The third-order valence-electron chi connectivity index (χ3n) is 8.77. The number of benzene rings is 3. The van der Waals surface area contributed by atoms with Gasteiger partial charge in [0.05, 0.1) is 23.0 Å². The van der Waals surface area contributed by atoms with Gasteiger partial charge in [0, 0.05) is 35.4 Å². The molecule has 6 rings (SSSR count). The Morgan fingerprint density at radius 2 is 1.95 bits per heavy atom. The van der Waals surface area contributed by atoms with E-state index in [1.54, 1.807) is 0 Å². The molecule has 224 valence electrons. The van der Waals surface area contributed by atoms with Gasteiger partial charge in [0.2, 0.25) is 5.91 Å². The Balaban J connectivity index is 1.45. The molecule has 3 atom stereocenters. The predicted octanol–water partition coefficient (Wildman–Crippen LogP) is 6.78. The van der Waals surface area contributed by atoms with Crippen molar-refractivity contribution in [1.82, 2.24) is 14.9 Å². The van der Waals surface area contributed by atoms with Crippen LogP contribution >= 0.6 is 11.3 Å². The number of nitrogens with zero attached hydrogens (tertiary/aromatic N) is 3. The lowest BCUT2D eigenvalue weighted by atomic mass is 9.81. The highest BCUT2D eigenvalue weighted by molar-refractivity contribution is 7.07. The van der Waals surface area contributed by atoms with Crippen molar-refractivity contribution in [1.29, 1.82) is 5.26 Å². The van der Waals surface area contributed by atoms with E-state index in [2.05, 4.69) is 57.5 Å². The summed E-state index contributed by atoms with van der Waals surface area (Å²) < 4.78 is 2.09. The third kappa shape index (κ3) is 6.54. The third-order valence-corrected chi connectivity index (χ3v) is 9.61. The number of amides is 1. The predicted molar refractivity (Wildman–Crippen MR) is 177 cm³/mol. The first kappa shape index (κ1) is 29.6. The number of hydrogen-bond donors (Lipinski definition) is 3. The van der Waals surface area contributed by atoms with Crippen molar-refractivity contribution in [3.63, 3.8) is 0 Å². The van der Waals surface area contributed by atoms with Crippen LogP contribution in [0.2, 0.25) is 0 Å². The van der Waals surface area contributed by atoms with Gasteiger partial charge in [-0.3, -0.25) is 4.79 Å². The lowest BCUT2D eigenvalue weighted by Crippen LogP contribution is -2.40. The summed E-state index contributed by atoms with van der Waals surface area (Å²) in [6, 6.07) is 25.5. The van der Waals surface area contributed by atoms with Crippen LogP contribution in [0.25, 0.3) is 22.2 Å². The number of aromatic amines is 1. The minimum absolute atomic E-state index is 0.0239. The maximum Gasteiger partial charge on any atom is 0.243 e. The van der Waals surface area contributed by atoms with Gasteiger partial charge >= 0.3 is 0 Å². The van der Waals surface area contributed by atoms with E-state index in [0.29, 0.717) is 36.9 Å². The molecule has 1 fully saturated rings. The highest BCUT2D eigenvalue weighted by Gasteiger charge is 2.28. The number of nitrogens with two attached hydrogens (primary N) is 1. The van der Waals surface area contributed by atoms with Crippen molar-refractivity contribution in [2.45, 2.75) is 45.1 Å². The molecule has 5 aromatic rings. The maximum absolute atomic E-state index is 14.4. The number of nitriles is 1. The molecule has 2 aromatic heterocycles. The second-order valence-electron chi connectivity index (χ2n) is 11.9. The molecule has 3 aromatic carbocycles. The van der Waals surface area contributed by atoms with Gasteiger partial charge in [-0.25, -0.2) is 4.99 Å². The highest BCUT2D eigenvalue weighted by Crippen LogP contribution is 2.31. The van der Waals surface area contributed by atoms with Crippen LogP contribution in [0.3, 0.4) is 0 Å².